The smallest absolute Gasteiger partial charge is 0.0739 e. The lowest BCUT2D eigenvalue weighted by Crippen LogP contribution is -2.19. The van der Waals surface area contributed by atoms with Gasteiger partial charge in [-0.1, -0.05) is 24.3 Å². The first-order chi connectivity index (χ1) is 9.09. The monoisotopic (exact) mass is 321 g/mol. The standard InChI is InChI=1S/C15H20BrN3/c1-11-6-4-5-7-13(11)8-9-17-10-14-15(16)12(2)18-19(14)3/h4-7,17H,8-10H2,1-3H3. The first kappa shape index (κ1) is 14.3. The zero-order valence-electron chi connectivity index (χ0n) is 11.7. The molecule has 2 aromatic rings. The quantitative estimate of drug-likeness (QED) is 0.857. The van der Waals surface area contributed by atoms with E-state index in [1.54, 1.807) is 0 Å². The average Bonchev–Trinajstić information content (AvgIpc) is 2.62. The van der Waals surface area contributed by atoms with Gasteiger partial charge in [0.25, 0.3) is 0 Å². The van der Waals surface area contributed by atoms with Crippen LogP contribution in [0.3, 0.4) is 0 Å². The summed E-state index contributed by atoms with van der Waals surface area (Å²) >= 11 is 3.59. The number of aryl methyl sites for hydroxylation is 3. The molecule has 0 radical (unpaired) electrons. The zero-order chi connectivity index (χ0) is 13.8. The Morgan fingerprint density at radius 1 is 1.26 bits per heavy atom. The van der Waals surface area contributed by atoms with Crippen molar-refractivity contribution in [2.45, 2.75) is 26.8 Å². The van der Waals surface area contributed by atoms with Gasteiger partial charge in [0.15, 0.2) is 0 Å². The van der Waals surface area contributed by atoms with Gasteiger partial charge in [0.1, 0.15) is 0 Å². The Morgan fingerprint density at radius 2 is 2.00 bits per heavy atom. The van der Waals surface area contributed by atoms with Gasteiger partial charge < -0.3 is 5.32 Å². The molecule has 0 saturated heterocycles. The van der Waals surface area contributed by atoms with Crippen LogP contribution in [-0.2, 0) is 20.0 Å². The lowest BCUT2D eigenvalue weighted by atomic mass is 10.1. The van der Waals surface area contributed by atoms with E-state index in [1.165, 1.54) is 16.8 Å². The van der Waals surface area contributed by atoms with Gasteiger partial charge >= 0.3 is 0 Å². The van der Waals surface area contributed by atoms with Gasteiger partial charge in [-0.15, -0.1) is 0 Å². The van der Waals surface area contributed by atoms with Gasteiger partial charge in [0.2, 0.25) is 0 Å². The van der Waals surface area contributed by atoms with Crippen LogP contribution in [0.4, 0.5) is 0 Å². The highest BCUT2D eigenvalue weighted by molar-refractivity contribution is 9.10. The summed E-state index contributed by atoms with van der Waals surface area (Å²) in [4.78, 5) is 0. The second kappa shape index (κ2) is 6.35. The van der Waals surface area contributed by atoms with Crippen molar-refractivity contribution < 1.29 is 0 Å². The summed E-state index contributed by atoms with van der Waals surface area (Å²) in [6.45, 7) is 5.99. The highest BCUT2D eigenvalue weighted by atomic mass is 79.9. The summed E-state index contributed by atoms with van der Waals surface area (Å²) in [5.74, 6) is 0. The van der Waals surface area contributed by atoms with Crippen LogP contribution in [0.5, 0.6) is 0 Å². The molecule has 0 aliphatic heterocycles. The topological polar surface area (TPSA) is 29.9 Å². The molecule has 0 unspecified atom stereocenters. The number of nitrogens with one attached hydrogen (secondary N) is 1. The van der Waals surface area contributed by atoms with E-state index >= 15 is 0 Å². The lowest BCUT2D eigenvalue weighted by Gasteiger charge is -2.08. The SMILES string of the molecule is Cc1ccccc1CCNCc1c(Br)c(C)nn1C. The molecule has 102 valence electrons. The maximum Gasteiger partial charge on any atom is 0.0739 e. The molecule has 0 aliphatic carbocycles. The summed E-state index contributed by atoms with van der Waals surface area (Å²) in [6.07, 6.45) is 1.06. The summed E-state index contributed by atoms with van der Waals surface area (Å²) in [5.41, 5.74) is 5.01. The zero-order valence-corrected chi connectivity index (χ0v) is 13.3. The van der Waals surface area contributed by atoms with Gasteiger partial charge in [0.05, 0.1) is 15.9 Å². The molecule has 0 bridgehead atoms. The van der Waals surface area contributed by atoms with Crippen molar-refractivity contribution >= 4 is 15.9 Å². The van der Waals surface area contributed by atoms with Gasteiger partial charge in [-0.05, 0) is 53.9 Å². The first-order valence-corrected chi connectivity index (χ1v) is 7.32. The highest BCUT2D eigenvalue weighted by Crippen LogP contribution is 2.19. The Bertz CT molecular complexity index is 561. The lowest BCUT2D eigenvalue weighted by molar-refractivity contribution is 0.622. The fourth-order valence-corrected chi connectivity index (χ4v) is 2.67. The van der Waals surface area contributed by atoms with E-state index in [4.69, 9.17) is 0 Å². The fourth-order valence-electron chi connectivity index (χ4n) is 2.19. The Labute approximate surface area is 123 Å². The predicted octanol–water partition coefficient (Wildman–Crippen LogP) is 3.13. The molecule has 1 aromatic heterocycles. The van der Waals surface area contributed by atoms with Gasteiger partial charge in [-0.25, -0.2) is 0 Å². The third-order valence-corrected chi connectivity index (χ3v) is 4.42. The molecule has 1 N–H and O–H groups in total. The van der Waals surface area contributed by atoms with E-state index in [-0.39, 0.29) is 0 Å². The molecular formula is C15H20BrN3. The Balaban J connectivity index is 1.86. The fraction of sp³-hybridized carbons (Fsp3) is 0.400. The number of nitrogens with zero attached hydrogens (tertiary/aromatic N) is 2. The molecule has 19 heavy (non-hydrogen) atoms. The van der Waals surface area contributed by atoms with Gasteiger partial charge in [0, 0.05) is 13.6 Å². The van der Waals surface area contributed by atoms with Crippen LogP contribution in [0.1, 0.15) is 22.5 Å². The number of benzene rings is 1. The second-order valence-corrected chi connectivity index (χ2v) is 5.62. The normalized spacial score (nSPS) is 10.9. The maximum absolute atomic E-state index is 4.39. The predicted molar refractivity (Wildman–Crippen MR) is 82.2 cm³/mol. The van der Waals surface area contributed by atoms with Gasteiger partial charge in [-0.2, -0.15) is 5.10 Å². The van der Waals surface area contributed by atoms with Crippen LogP contribution < -0.4 is 5.32 Å². The molecule has 3 nitrogen and oxygen atoms in total. The molecule has 0 spiro atoms. The average molecular weight is 322 g/mol. The number of hydrogen-bond acceptors (Lipinski definition) is 2. The van der Waals surface area contributed by atoms with Crippen molar-refractivity contribution in [2.24, 2.45) is 7.05 Å². The van der Waals surface area contributed by atoms with Crippen LogP contribution >= 0.6 is 15.9 Å². The van der Waals surface area contributed by atoms with E-state index < -0.39 is 0 Å². The maximum atomic E-state index is 4.39. The largest absolute Gasteiger partial charge is 0.311 e. The summed E-state index contributed by atoms with van der Waals surface area (Å²) in [5, 5.41) is 7.87. The van der Waals surface area contributed by atoms with E-state index in [9.17, 15) is 0 Å². The summed E-state index contributed by atoms with van der Waals surface area (Å²) in [6, 6.07) is 8.54. The molecule has 1 heterocycles. The molecule has 4 heteroatoms. The Morgan fingerprint density at radius 3 is 2.63 bits per heavy atom. The van der Waals surface area contributed by atoms with Crippen LogP contribution in [0.15, 0.2) is 28.7 Å². The molecule has 0 saturated carbocycles. The Kier molecular flexibility index (Phi) is 4.77. The van der Waals surface area contributed by atoms with Crippen LogP contribution in [-0.4, -0.2) is 16.3 Å². The van der Waals surface area contributed by atoms with Crippen molar-refractivity contribution in [2.75, 3.05) is 6.54 Å². The van der Waals surface area contributed by atoms with E-state index in [2.05, 4.69) is 57.5 Å². The molecular weight excluding hydrogens is 302 g/mol. The van der Waals surface area contributed by atoms with Crippen molar-refractivity contribution in [3.8, 4) is 0 Å². The van der Waals surface area contributed by atoms with Crippen LogP contribution in [0, 0.1) is 13.8 Å². The number of halogens is 1. The van der Waals surface area contributed by atoms with E-state index in [1.807, 2.05) is 18.7 Å². The number of rotatable bonds is 5. The van der Waals surface area contributed by atoms with Crippen molar-refractivity contribution in [3.05, 3.63) is 51.3 Å². The van der Waals surface area contributed by atoms with Crippen molar-refractivity contribution in [3.63, 3.8) is 0 Å². The minimum absolute atomic E-state index is 0.837. The minimum Gasteiger partial charge on any atom is -0.311 e. The third-order valence-electron chi connectivity index (χ3n) is 3.39. The van der Waals surface area contributed by atoms with Crippen molar-refractivity contribution in [1.82, 2.24) is 15.1 Å². The third kappa shape index (κ3) is 3.45. The summed E-state index contributed by atoms with van der Waals surface area (Å²) < 4.78 is 3.04. The van der Waals surface area contributed by atoms with Crippen LogP contribution in [0.2, 0.25) is 0 Å². The Hall–Kier alpha value is -1.13. The van der Waals surface area contributed by atoms with E-state index in [0.717, 1.165) is 29.7 Å². The van der Waals surface area contributed by atoms with Crippen molar-refractivity contribution in [1.29, 1.82) is 0 Å². The summed E-state index contributed by atoms with van der Waals surface area (Å²) in [7, 11) is 1.98. The molecule has 2 rings (SSSR count). The highest BCUT2D eigenvalue weighted by Gasteiger charge is 2.09. The second-order valence-electron chi connectivity index (χ2n) is 4.82. The number of aromatic nitrogens is 2. The van der Waals surface area contributed by atoms with E-state index in [0.29, 0.717) is 0 Å². The first-order valence-electron chi connectivity index (χ1n) is 6.52. The molecule has 0 fully saturated rings. The van der Waals surface area contributed by atoms with Gasteiger partial charge in [-0.3, -0.25) is 4.68 Å². The molecule has 0 amide bonds. The minimum atomic E-state index is 0.837. The molecule has 1 aromatic carbocycles. The molecule has 0 aliphatic rings. The molecule has 0 atom stereocenters. The van der Waals surface area contributed by atoms with Crippen LogP contribution in [0.25, 0.3) is 0 Å². The number of hydrogen-bond donors (Lipinski definition) is 1.